The standard InChI is InChI=1S/C8H10N4/c1-11(2)8-6-7-9-4-3-5-12(7)10-8/h3-6H,1-2H3. The van der Waals surface area contributed by atoms with E-state index in [0.29, 0.717) is 0 Å². The van der Waals surface area contributed by atoms with E-state index in [2.05, 4.69) is 10.1 Å². The van der Waals surface area contributed by atoms with Crippen molar-refractivity contribution in [3.05, 3.63) is 24.5 Å². The summed E-state index contributed by atoms with van der Waals surface area (Å²) in [5.41, 5.74) is 0.876. The molecule has 12 heavy (non-hydrogen) atoms. The monoisotopic (exact) mass is 162 g/mol. The molecule has 62 valence electrons. The van der Waals surface area contributed by atoms with Gasteiger partial charge in [0.05, 0.1) is 0 Å². The highest BCUT2D eigenvalue weighted by Gasteiger charge is 2.01. The molecule has 0 spiro atoms. The summed E-state index contributed by atoms with van der Waals surface area (Å²) in [6.45, 7) is 0. The first-order valence-corrected chi connectivity index (χ1v) is 3.75. The largest absolute Gasteiger partial charge is 0.361 e. The van der Waals surface area contributed by atoms with Gasteiger partial charge < -0.3 is 4.90 Å². The lowest BCUT2D eigenvalue weighted by molar-refractivity contribution is 0.916. The topological polar surface area (TPSA) is 33.4 Å². The fourth-order valence-corrected chi connectivity index (χ4v) is 1.04. The van der Waals surface area contributed by atoms with Crippen LogP contribution in [0.4, 0.5) is 5.82 Å². The molecule has 2 aromatic rings. The molecular weight excluding hydrogens is 152 g/mol. The summed E-state index contributed by atoms with van der Waals surface area (Å²) in [6.07, 6.45) is 3.64. The number of aromatic nitrogens is 3. The predicted octanol–water partition coefficient (Wildman–Crippen LogP) is 0.795. The molecule has 0 bridgehead atoms. The summed E-state index contributed by atoms with van der Waals surface area (Å²) >= 11 is 0. The molecule has 0 N–H and O–H groups in total. The molecule has 0 fully saturated rings. The zero-order chi connectivity index (χ0) is 8.55. The molecular formula is C8H10N4. The Morgan fingerprint density at radius 3 is 2.92 bits per heavy atom. The van der Waals surface area contributed by atoms with E-state index in [1.807, 2.05) is 37.3 Å². The van der Waals surface area contributed by atoms with E-state index in [9.17, 15) is 0 Å². The highest BCUT2D eigenvalue weighted by molar-refractivity contribution is 5.50. The Morgan fingerprint density at radius 1 is 1.42 bits per heavy atom. The van der Waals surface area contributed by atoms with Crippen LogP contribution in [0.5, 0.6) is 0 Å². The molecule has 4 nitrogen and oxygen atoms in total. The van der Waals surface area contributed by atoms with Gasteiger partial charge in [0, 0.05) is 32.6 Å². The summed E-state index contributed by atoms with van der Waals surface area (Å²) in [5.74, 6) is 0.925. The van der Waals surface area contributed by atoms with Crippen molar-refractivity contribution in [3.8, 4) is 0 Å². The second-order valence-electron chi connectivity index (χ2n) is 2.82. The molecule has 0 aliphatic heterocycles. The van der Waals surface area contributed by atoms with E-state index in [1.54, 1.807) is 10.7 Å². The number of nitrogens with zero attached hydrogens (tertiary/aromatic N) is 4. The van der Waals surface area contributed by atoms with Crippen LogP contribution in [0.3, 0.4) is 0 Å². The molecule has 0 saturated heterocycles. The summed E-state index contributed by atoms with van der Waals surface area (Å²) in [4.78, 5) is 6.11. The molecule has 2 aromatic heterocycles. The zero-order valence-corrected chi connectivity index (χ0v) is 7.10. The van der Waals surface area contributed by atoms with Crippen LogP contribution in [0.25, 0.3) is 5.65 Å². The minimum Gasteiger partial charge on any atom is -0.361 e. The maximum atomic E-state index is 4.29. The number of hydrogen-bond donors (Lipinski definition) is 0. The molecule has 2 heterocycles. The molecule has 0 aliphatic carbocycles. The van der Waals surface area contributed by atoms with Gasteiger partial charge in [-0.3, -0.25) is 0 Å². The number of rotatable bonds is 1. The van der Waals surface area contributed by atoms with Crippen LogP contribution in [-0.2, 0) is 0 Å². The van der Waals surface area contributed by atoms with E-state index in [4.69, 9.17) is 0 Å². The van der Waals surface area contributed by atoms with E-state index in [1.165, 1.54) is 0 Å². The van der Waals surface area contributed by atoms with Crippen molar-refractivity contribution in [1.82, 2.24) is 14.6 Å². The van der Waals surface area contributed by atoms with Crippen LogP contribution in [0.2, 0.25) is 0 Å². The van der Waals surface area contributed by atoms with E-state index < -0.39 is 0 Å². The lowest BCUT2D eigenvalue weighted by atomic mass is 10.5. The second kappa shape index (κ2) is 2.48. The highest BCUT2D eigenvalue weighted by atomic mass is 15.3. The van der Waals surface area contributed by atoms with Crippen molar-refractivity contribution in [2.24, 2.45) is 0 Å². The van der Waals surface area contributed by atoms with Crippen LogP contribution < -0.4 is 4.90 Å². The van der Waals surface area contributed by atoms with Crippen molar-refractivity contribution in [2.75, 3.05) is 19.0 Å². The number of hydrogen-bond acceptors (Lipinski definition) is 3. The summed E-state index contributed by atoms with van der Waals surface area (Å²) in [7, 11) is 3.92. The normalized spacial score (nSPS) is 10.5. The third-order valence-corrected chi connectivity index (χ3v) is 1.68. The maximum Gasteiger partial charge on any atom is 0.157 e. The van der Waals surface area contributed by atoms with Gasteiger partial charge in [0.15, 0.2) is 11.5 Å². The van der Waals surface area contributed by atoms with E-state index in [-0.39, 0.29) is 0 Å². The molecule has 4 heteroatoms. The Hall–Kier alpha value is -1.58. The molecule has 0 radical (unpaired) electrons. The molecule has 0 amide bonds. The van der Waals surface area contributed by atoms with Gasteiger partial charge in [-0.25, -0.2) is 9.50 Å². The zero-order valence-electron chi connectivity index (χ0n) is 7.10. The SMILES string of the molecule is CN(C)c1cc2ncccn2n1. The number of anilines is 1. The van der Waals surface area contributed by atoms with E-state index >= 15 is 0 Å². The smallest absolute Gasteiger partial charge is 0.157 e. The third-order valence-electron chi connectivity index (χ3n) is 1.68. The summed E-state index contributed by atoms with van der Waals surface area (Å²) in [6, 6.07) is 3.80. The van der Waals surface area contributed by atoms with Crippen LogP contribution in [0.15, 0.2) is 24.5 Å². The first-order chi connectivity index (χ1) is 5.77. The van der Waals surface area contributed by atoms with Gasteiger partial charge in [0.25, 0.3) is 0 Å². The van der Waals surface area contributed by atoms with Crippen LogP contribution in [0.1, 0.15) is 0 Å². The van der Waals surface area contributed by atoms with Crippen LogP contribution >= 0.6 is 0 Å². The van der Waals surface area contributed by atoms with Gasteiger partial charge in [-0.1, -0.05) is 0 Å². The molecule has 0 aromatic carbocycles. The van der Waals surface area contributed by atoms with Crippen molar-refractivity contribution in [1.29, 1.82) is 0 Å². The maximum absolute atomic E-state index is 4.29. The van der Waals surface area contributed by atoms with Gasteiger partial charge >= 0.3 is 0 Å². The first kappa shape index (κ1) is 7.09. The molecule has 0 atom stereocenters. The van der Waals surface area contributed by atoms with Gasteiger partial charge in [-0.2, -0.15) is 0 Å². The summed E-state index contributed by atoms with van der Waals surface area (Å²) < 4.78 is 1.76. The lowest BCUT2D eigenvalue weighted by Crippen LogP contribution is -2.08. The van der Waals surface area contributed by atoms with Crippen molar-refractivity contribution in [3.63, 3.8) is 0 Å². The number of fused-ring (bicyclic) bond motifs is 1. The van der Waals surface area contributed by atoms with Crippen molar-refractivity contribution in [2.45, 2.75) is 0 Å². The van der Waals surface area contributed by atoms with Crippen molar-refractivity contribution < 1.29 is 0 Å². The predicted molar refractivity (Wildman–Crippen MR) is 47.3 cm³/mol. The van der Waals surface area contributed by atoms with Gasteiger partial charge in [-0.15, -0.1) is 5.10 Å². The third kappa shape index (κ3) is 1.01. The Bertz CT molecular complexity index is 358. The van der Waals surface area contributed by atoms with Gasteiger partial charge in [0.1, 0.15) is 0 Å². The average molecular weight is 162 g/mol. The average Bonchev–Trinajstić information content (AvgIpc) is 2.46. The van der Waals surface area contributed by atoms with Crippen molar-refractivity contribution >= 4 is 11.5 Å². The van der Waals surface area contributed by atoms with Gasteiger partial charge in [-0.05, 0) is 6.07 Å². The Labute approximate surface area is 70.4 Å². The Kier molecular flexibility index (Phi) is 1.46. The quantitative estimate of drug-likeness (QED) is 0.621. The molecule has 0 saturated carbocycles. The minimum atomic E-state index is 0.876. The Balaban J connectivity index is 2.62. The lowest BCUT2D eigenvalue weighted by Gasteiger charge is -2.04. The molecule has 2 rings (SSSR count). The highest BCUT2D eigenvalue weighted by Crippen LogP contribution is 2.09. The Morgan fingerprint density at radius 2 is 2.25 bits per heavy atom. The fourth-order valence-electron chi connectivity index (χ4n) is 1.04. The van der Waals surface area contributed by atoms with Gasteiger partial charge in [0.2, 0.25) is 0 Å². The second-order valence-corrected chi connectivity index (χ2v) is 2.82. The molecule has 0 aliphatic rings. The molecule has 0 unspecified atom stereocenters. The fraction of sp³-hybridized carbons (Fsp3) is 0.250. The summed E-state index contributed by atoms with van der Waals surface area (Å²) in [5, 5.41) is 4.29. The van der Waals surface area contributed by atoms with E-state index in [0.717, 1.165) is 11.5 Å². The first-order valence-electron chi connectivity index (χ1n) is 3.75. The van der Waals surface area contributed by atoms with Crippen LogP contribution in [0, 0.1) is 0 Å². The van der Waals surface area contributed by atoms with Crippen LogP contribution in [-0.4, -0.2) is 28.7 Å². The minimum absolute atomic E-state index is 0.876.